The van der Waals surface area contributed by atoms with Gasteiger partial charge in [-0.3, -0.25) is 4.90 Å². The van der Waals surface area contributed by atoms with Gasteiger partial charge in [-0.05, 0) is 33.7 Å². The molecule has 1 aliphatic carbocycles. The van der Waals surface area contributed by atoms with E-state index >= 15 is 0 Å². The summed E-state index contributed by atoms with van der Waals surface area (Å²) in [6, 6.07) is 0.674. The third-order valence-electron chi connectivity index (χ3n) is 3.67. The van der Waals surface area contributed by atoms with E-state index in [-0.39, 0.29) is 0 Å². The molecule has 1 saturated carbocycles. The quantitative estimate of drug-likeness (QED) is 0.786. The van der Waals surface area contributed by atoms with E-state index in [1.54, 1.807) is 0 Å². The van der Waals surface area contributed by atoms with Gasteiger partial charge in [0.05, 0.1) is 12.2 Å². The van der Waals surface area contributed by atoms with E-state index in [1.165, 1.54) is 41.3 Å². The molecule has 0 radical (unpaired) electrons. The van der Waals surface area contributed by atoms with E-state index in [0.717, 1.165) is 6.54 Å². The molecular weight excluding hydrogens is 296 g/mol. The summed E-state index contributed by atoms with van der Waals surface area (Å²) in [6.45, 7) is 5.25. The standard InChI is InChI=1S/C13H21BrN2S/c1-9-10(2)17-13(15-9)8-16(3)12-7-5-4-6-11(12)14/h11-12H,4-8H2,1-3H3. The highest BCUT2D eigenvalue weighted by Gasteiger charge is 2.26. The Morgan fingerprint density at radius 1 is 1.35 bits per heavy atom. The minimum Gasteiger partial charge on any atom is -0.296 e. The van der Waals surface area contributed by atoms with Crippen LogP contribution < -0.4 is 0 Å². The zero-order valence-electron chi connectivity index (χ0n) is 10.9. The van der Waals surface area contributed by atoms with Gasteiger partial charge >= 0.3 is 0 Å². The molecule has 0 aromatic carbocycles. The van der Waals surface area contributed by atoms with Crippen LogP contribution in [0.3, 0.4) is 0 Å². The van der Waals surface area contributed by atoms with Gasteiger partial charge in [0.25, 0.3) is 0 Å². The highest BCUT2D eigenvalue weighted by molar-refractivity contribution is 9.09. The molecule has 2 nitrogen and oxygen atoms in total. The van der Waals surface area contributed by atoms with Crippen LogP contribution in [-0.4, -0.2) is 27.8 Å². The smallest absolute Gasteiger partial charge is 0.107 e. The molecule has 1 heterocycles. The molecule has 17 heavy (non-hydrogen) atoms. The van der Waals surface area contributed by atoms with Crippen molar-refractivity contribution in [2.45, 2.75) is 56.9 Å². The summed E-state index contributed by atoms with van der Waals surface area (Å²) in [6.07, 6.45) is 5.36. The summed E-state index contributed by atoms with van der Waals surface area (Å²) >= 11 is 5.67. The van der Waals surface area contributed by atoms with Crippen molar-refractivity contribution in [3.05, 3.63) is 15.6 Å². The molecule has 2 unspecified atom stereocenters. The average Bonchev–Trinajstić information content (AvgIpc) is 2.58. The first-order valence-electron chi connectivity index (χ1n) is 6.35. The van der Waals surface area contributed by atoms with Crippen LogP contribution in [0.4, 0.5) is 0 Å². The molecule has 0 bridgehead atoms. The minimum absolute atomic E-state index is 0.656. The van der Waals surface area contributed by atoms with E-state index in [4.69, 9.17) is 0 Å². The van der Waals surface area contributed by atoms with Crippen molar-refractivity contribution in [3.63, 3.8) is 0 Å². The fourth-order valence-electron chi connectivity index (χ4n) is 2.50. The predicted molar refractivity (Wildman–Crippen MR) is 78.0 cm³/mol. The summed E-state index contributed by atoms with van der Waals surface area (Å²) < 4.78 is 0. The summed E-state index contributed by atoms with van der Waals surface area (Å²) in [4.78, 5) is 9.11. The first kappa shape index (κ1) is 13.5. The van der Waals surface area contributed by atoms with Crippen molar-refractivity contribution in [3.8, 4) is 0 Å². The predicted octanol–water partition coefficient (Wildman–Crippen LogP) is 3.90. The Labute approximate surface area is 117 Å². The Morgan fingerprint density at radius 2 is 2.06 bits per heavy atom. The lowest BCUT2D eigenvalue weighted by Crippen LogP contribution is -2.40. The largest absolute Gasteiger partial charge is 0.296 e. The summed E-state index contributed by atoms with van der Waals surface area (Å²) in [5, 5.41) is 1.26. The van der Waals surface area contributed by atoms with E-state index < -0.39 is 0 Å². The number of aromatic nitrogens is 1. The number of nitrogens with zero attached hydrogens (tertiary/aromatic N) is 2. The monoisotopic (exact) mass is 316 g/mol. The fraction of sp³-hybridized carbons (Fsp3) is 0.769. The number of alkyl halides is 1. The van der Waals surface area contributed by atoms with Crippen LogP contribution in [0.15, 0.2) is 0 Å². The zero-order chi connectivity index (χ0) is 12.4. The Morgan fingerprint density at radius 3 is 2.65 bits per heavy atom. The number of hydrogen-bond donors (Lipinski definition) is 0. The second kappa shape index (κ2) is 5.81. The normalized spacial score (nSPS) is 25.5. The maximum atomic E-state index is 4.63. The average molecular weight is 317 g/mol. The van der Waals surface area contributed by atoms with Crippen LogP contribution in [0.5, 0.6) is 0 Å². The molecule has 0 aliphatic heterocycles. The van der Waals surface area contributed by atoms with Gasteiger partial charge in [0, 0.05) is 15.7 Å². The molecule has 0 saturated heterocycles. The first-order valence-corrected chi connectivity index (χ1v) is 8.08. The molecular formula is C13H21BrN2S. The summed E-state index contributed by atoms with van der Waals surface area (Å²) in [7, 11) is 2.23. The van der Waals surface area contributed by atoms with Crippen molar-refractivity contribution >= 4 is 27.3 Å². The lowest BCUT2D eigenvalue weighted by Gasteiger charge is -2.34. The Balaban J connectivity index is 1.98. The zero-order valence-corrected chi connectivity index (χ0v) is 13.3. The number of aryl methyl sites for hydroxylation is 2. The van der Waals surface area contributed by atoms with Gasteiger partial charge in [0.1, 0.15) is 5.01 Å². The van der Waals surface area contributed by atoms with Gasteiger partial charge in [-0.15, -0.1) is 11.3 Å². The summed E-state index contributed by atoms with van der Waals surface area (Å²) in [5.41, 5.74) is 1.19. The van der Waals surface area contributed by atoms with Crippen LogP contribution in [0.1, 0.15) is 41.3 Å². The number of thiazole rings is 1. The first-order chi connectivity index (χ1) is 8.08. The van der Waals surface area contributed by atoms with E-state index in [9.17, 15) is 0 Å². The van der Waals surface area contributed by atoms with Crippen molar-refractivity contribution in [1.82, 2.24) is 9.88 Å². The SMILES string of the molecule is Cc1nc(CN(C)C2CCCCC2Br)sc1C. The third kappa shape index (κ3) is 3.30. The number of hydrogen-bond acceptors (Lipinski definition) is 3. The minimum atomic E-state index is 0.656. The topological polar surface area (TPSA) is 16.1 Å². The molecule has 2 rings (SSSR count). The van der Waals surface area contributed by atoms with Gasteiger partial charge in [0.15, 0.2) is 0 Å². The molecule has 1 fully saturated rings. The van der Waals surface area contributed by atoms with Gasteiger partial charge in [-0.1, -0.05) is 28.8 Å². The lowest BCUT2D eigenvalue weighted by atomic mass is 9.94. The highest BCUT2D eigenvalue weighted by Crippen LogP contribution is 2.29. The third-order valence-corrected chi connectivity index (χ3v) is 5.80. The van der Waals surface area contributed by atoms with Crippen LogP contribution in [0, 0.1) is 13.8 Å². The van der Waals surface area contributed by atoms with Crippen molar-refractivity contribution in [2.24, 2.45) is 0 Å². The molecule has 0 spiro atoms. The second-order valence-corrected chi connectivity index (χ2v) is 7.50. The molecule has 4 heteroatoms. The van der Waals surface area contributed by atoms with Crippen molar-refractivity contribution in [1.29, 1.82) is 0 Å². The van der Waals surface area contributed by atoms with Gasteiger partial charge in [-0.2, -0.15) is 0 Å². The van der Waals surface area contributed by atoms with E-state index in [2.05, 4.69) is 46.7 Å². The Hall–Kier alpha value is 0.0700. The number of halogens is 1. The maximum absolute atomic E-state index is 4.63. The van der Waals surface area contributed by atoms with Crippen LogP contribution >= 0.6 is 27.3 Å². The molecule has 1 aliphatic rings. The maximum Gasteiger partial charge on any atom is 0.107 e. The van der Waals surface area contributed by atoms with Crippen molar-refractivity contribution in [2.75, 3.05) is 7.05 Å². The van der Waals surface area contributed by atoms with Gasteiger partial charge < -0.3 is 0 Å². The molecule has 0 amide bonds. The van der Waals surface area contributed by atoms with Crippen LogP contribution in [0.2, 0.25) is 0 Å². The highest BCUT2D eigenvalue weighted by atomic mass is 79.9. The van der Waals surface area contributed by atoms with E-state index in [0.29, 0.717) is 10.9 Å². The van der Waals surface area contributed by atoms with Crippen LogP contribution in [0.25, 0.3) is 0 Å². The lowest BCUT2D eigenvalue weighted by molar-refractivity contribution is 0.193. The van der Waals surface area contributed by atoms with Gasteiger partial charge in [-0.25, -0.2) is 4.98 Å². The molecule has 96 valence electrons. The fourth-order valence-corrected chi connectivity index (χ4v) is 4.49. The summed E-state index contributed by atoms with van der Waals surface area (Å²) in [5.74, 6) is 0. The Bertz CT molecular complexity index is 358. The molecule has 1 aromatic heterocycles. The molecule has 0 N–H and O–H groups in total. The number of rotatable bonds is 3. The second-order valence-electron chi connectivity index (χ2n) is 5.03. The van der Waals surface area contributed by atoms with Gasteiger partial charge in [0.2, 0.25) is 0 Å². The van der Waals surface area contributed by atoms with E-state index in [1.807, 2.05) is 11.3 Å². The van der Waals surface area contributed by atoms with Crippen molar-refractivity contribution < 1.29 is 0 Å². The molecule has 1 aromatic rings. The van der Waals surface area contributed by atoms with Crippen LogP contribution in [-0.2, 0) is 6.54 Å². The Kier molecular flexibility index (Phi) is 4.61. The molecule has 2 atom stereocenters.